The van der Waals surface area contributed by atoms with Crippen LogP contribution in [-0.2, 0) is 12.7 Å². The third-order valence-electron chi connectivity index (χ3n) is 3.27. The molecule has 0 amide bonds. The summed E-state index contributed by atoms with van der Waals surface area (Å²) in [4.78, 5) is 1.99. The maximum atomic E-state index is 12.5. The fourth-order valence-electron chi connectivity index (χ4n) is 2.22. The quantitative estimate of drug-likeness (QED) is 0.753. The van der Waals surface area contributed by atoms with Gasteiger partial charge in [0.15, 0.2) is 0 Å². The van der Waals surface area contributed by atoms with Crippen LogP contribution in [0.3, 0.4) is 0 Å². The summed E-state index contributed by atoms with van der Waals surface area (Å²) >= 11 is 0. The van der Waals surface area contributed by atoms with Crippen molar-refractivity contribution in [3.05, 3.63) is 83.7 Å². The summed E-state index contributed by atoms with van der Waals surface area (Å²) in [6.45, 7) is 6.20. The SMILES string of the molecule is C=CC1=CC=CN(Cc2ccc(C(F)(F)F)cc2)/C1=C\C. The Balaban J connectivity index is 2.17. The van der Waals surface area contributed by atoms with Crippen molar-refractivity contribution in [2.24, 2.45) is 0 Å². The van der Waals surface area contributed by atoms with Crippen LogP contribution in [0.25, 0.3) is 0 Å². The van der Waals surface area contributed by atoms with E-state index in [9.17, 15) is 13.2 Å². The van der Waals surface area contributed by atoms with Gasteiger partial charge in [0.1, 0.15) is 0 Å². The van der Waals surface area contributed by atoms with Crippen molar-refractivity contribution in [1.29, 1.82) is 0 Å². The largest absolute Gasteiger partial charge is 0.416 e. The van der Waals surface area contributed by atoms with Crippen molar-refractivity contribution < 1.29 is 13.2 Å². The zero-order valence-electron chi connectivity index (χ0n) is 11.7. The molecule has 1 aromatic rings. The van der Waals surface area contributed by atoms with E-state index < -0.39 is 11.7 Å². The Morgan fingerprint density at radius 2 is 1.86 bits per heavy atom. The Hall–Kier alpha value is -2.23. The van der Waals surface area contributed by atoms with Crippen LogP contribution in [0, 0.1) is 0 Å². The van der Waals surface area contributed by atoms with Gasteiger partial charge in [-0.3, -0.25) is 0 Å². The molecule has 0 saturated heterocycles. The lowest BCUT2D eigenvalue weighted by Gasteiger charge is -2.27. The van der Waals surface area contributed by atoms with E-state index in [1.165, 1.54) is 12.1 Å². The predicted molar refractivity (Wildman–Crippen MR) is 78.2 cm³/mol. The first kappa shape index (κ1) is 15.2. The molecule has 0 radical (unpaired) electrons. The van der Waals surface area contributed by atoms with E-state index in [-0.39, 0.29) is 0 Å². The summed E-state index contributed by atoms with van der Waals surface area (Å²) in [5, 5.41) is 0. The predicted octanol–water partition coefficient (Wildman–Crippen LogP) is 5.05. The summed E-state index contributed by atoms with van der Waals surface area (Å²) < 4.78 is 37.6. The summed E-state index contributed by atoms with van der Waals surface area (Å²) in [6.07, 6.45) is 5.18. The van der Waals surface area contributed by atoms with Gasteiger partial charge in [0, 0.05) is 18.4 Å². The number of nitrogens with zero attached hydrogens (tertiary/aromatic N) is 1. The van der Waals surface area contributed by atoms with Gasteiger partial charge in [-0.1, -0.05) is 36.9 Å². The molecule has 0 aromatic heterocycles. The van der Waals surface area contributed by atoms with Gasteiger partial charge in [-0.25, -0.2) is 0 Å². The number of alkyl halides is 3. The second-order valence-electron chi connectivity index (χ2n) is 4.66. The minimum absolute atomic E-state index is 0.513. The molecule has 0 bridgehead atoms. The minimum Gasteiger partial charge on any atom is -0.343 e. The van der Waals surface area contributed by atoms with Crippen molar-refractivity contribution in [3.8, 4) is 0 Å². The molecule has 1 nitrogen and oxygen atoms in total. The summed E-state index contributed by atoms with van der Waals surface area (Å²) in [5.74, 6) is 0. The normalized spacial score (nSPS) is 17.0. The smallest absolute Gasteiger partial charge is 0.343 e. The van der Waals surface area contributed by atoms with Crippen LogP contribution in [0.4, 0.5) is 13.2 Å². The Labute approximate surface area is 122 Å². The van der Waals surface area contributed by atoms with E-state index in [2.05, 4.69) is 6.58 Å². The van der Waals surface area contributed by atoms with Gasteiger partial charge >= 0.3 is 6.18 Å². The lowest BCUT2D eigenvalue weighted by Crippen LogP contribution is -2.19. The van der Waals surface area contributed by atoms with Crippen molar-refractivity contribution in [1.82, 2.24) is 4.90 Å². The van der Waals surface area contributed by atoms with Crippen LogP contribution < -0.4 is 0 Å². The monoisotopic (exact) mass is 291 g/mol. The Bertz CT molecular complexity index is 604. The zero-order valence-corrected chi connectivity index (χ0v) is 11.7. The van der Waals surface area contributed by atoms with Crippen LogP contribution in [0.2, 0.25) is 0 Å². The first-order valence-electron chi connectivity index (χ1n) is 6.56. The van der Waals surface area contributed by atoms with Gasteiger partial charge in [0.25, 0.3) is 0 Å². The van der Waals surface area contributed by atoms with Gasteiger partial charge in [0.05, 0.1) is 5.56 Å². The van der Waals surface area contributed by atoms with Crippen molar-refractivity contribution >= 4 is 0 Å². The van der Waals surface area contributed by atoms with E-state index >= 15 is 0 Å². The van der Waals surface area contributed by atoms with Gasteiger partial charge in [0.2, 0.25) is 0 Å². The lowest BCUT2D eigenvalue weighted by molar-refractivity contribution is -0.137. The second-order valence-corrected chi connectivity index (χ2v) is 4.66. The highest BCUT2D eigenvalue weighted by Crippen LogP contribution is 2.30. The molecule has 0 aliphatic carbocycles. The Morgan fingerprint density at radius 1 is 1.19 bits per heavy atom. The number of allylic oxidation sites excluding steroid dienone is 4. The molecule has 1 heterocycles. The molecule has 2 rings (SSSR count). The van der Waals surface area contributed by atoms with Crippen LogP contribution in [0.5, 0.6) is 0 Å². The average molecular weight is 291 g/mol. The number of halogens is 3. The molecular weight excluding hydrogens is 275 g/mol. The van der Waals surface area contributed by atoms with Crippen molar-refractivity contribution in [2.45, 2.75) is 19.6 Å². The lowest BCUT2D eigenvalue weighted by atomic mass is 10.1. The maximum absolute atomic E-state index is 12.5. The molecule has 0 saturated carbocycles. The van der Waals surface area contributed by atoms with Crippen molar-refractivity contribution in [3.63, 3.8) is 0 Å². The molecule has 4 heteroatoms. The Kier molecular flexibility index (Phi) is 4.36. The summed E-state index contributed by atoms with van der Waals surface area (Å²) in [7, 11) is 0. The number of hydrogen-bond acceptors (Lipinski definition) is 1. The molecule has 1 aliphatic rings. The van der Waals surface area contributed by atoms with Crippen LogP contribution in [-0.4, -0.2) is 4.90 Å². The van der Waals surface area contributed by atoms with E-state index in [0.717, 1.165) is 29.0 Å². The molecule has 0 unspecified atom stereocenters. The molecule has 0 atom stereocenters. The van der Waals surface area contributed by atoms with Gasteiger partial charge in [-0.15, -0.1) is 0 Å². The average Bonchev–Trinajstić information content (AvgIpc) is 2.46. The van der Waals surface area contributed by atoms with Crippen LogP contribution in [0.1, 0.15) is 18.1 Å². The van der Waals surface area contributed by atoms with Crippen LogP contribution in [0.15, 0.2) is 72.6 Å². The second kappa shape index (κ2) is 6.04. The highest BCUT2D eigenvalue weighted by molar-refractivity contribution is 5.44. The molecule has 0 fully saturated rings. The highest BCUT2D eigenvalue weighted by atomic mass is 19.4. The zero-order chi connectivity index (χ0) is 15.5. The molecule has 1 aliphatic heterocycles. The third-order valence-corrected chi connectivity index (χ3v) is 3.27. The minimum atomic E-state index is -4.29. The molecule has 0 N–H and O–H groups in total. The Morgan fingerprint density at radius 3 is 2.38 bits per heavy atom. The molecule has 1 aromatic carbocycles. The fourth-order valence-corrected chi connectivity index (χ4v) is 2.22. The van der Waals surface area contributed by atoms with Gasteiger partial charge in [-0.05, 0) is 36.3 Å². The molecular formula is C17H16F3N. The van der Waals surface area contributed by atoms with Gasteiger partial charge < -0.3 is 4.90 Å². The first-order chi connectivity index (χ1) is 9.95. The van der Waals surface area contributed by atoms with Crippen LogP contribution >= 0.6 is 0 Å². The van der Waals surface area contributed by atoms with E-state index in [0.29, 0.717) is 6.54 Å². The molecule has 0 spiro atoms. The fraction of sp³-hybridized carbons (Fsp3) is 0.176. The number of rotatable bonds is 3. The van der Waals surface area contributed by atoms with Gasteiger partial charge in [-0.2, -0.15) is 13.2 Å². The van der Waals surface area contributed by atoms with E-state index in [1.807, 2.05) is 36.3 Å². The van der Waals surface area contributed by atoms with E-state index in [4.69, 9.17) is 0 Å². The summed E-state index contributed by atoms with van der Waals surface area (Å²) in [6, 6.07) is 5.25. The standard InChI is InChI=1S/C17H16F3N/c1-3-14-6-5-11-21(16(14)4-2)12-13-7-9-15(10-8-13)17(18,19)20/h3-11H,1,12H2,2H3/b16-4-. The first-order valence-corrected chi connectivity index (χ1v) is 6.56. The summed E-state index contributed by atoms with van der Waals surface area (Å²) in [5.41, 5.74) is 2.18. The number of hydrogen-bond donors (Lipinski definition) is 0. The highest BCUT2D eigenvalue weighted by Gasteiger charge is 2.30. The maximum Gasteiger partial charge on any atom is 0.416 e. The molecule has 21 heavy (non-hydrogen) atoms. The number of benzene rings is 1. The topological polar surface area (TPSA) is 3.24 Å². The third kappa shape index (κ3) is 3.45. The van der Waals surface area contributed by atoms with E-state index in [1.54, 1.807) is 6.08 Å². The van der Waals surface area contributed by atoms with Crippen molar-refractivity contribution in [2.75, 3.05) is 0 Å². The molecule has 110 valence electrons.